The number of hydrogen-bond donors (Lipinski definition) is 1. The number of aliphatic hydroxyl groups is 1. The summed E-state index contributed by atoms with van der Waals surface area (Å²) >= 11 is 0. The molecule has 0 saturated carbocycles. The third-order valence-corrected chi connectivity index (χ3v) is 1.91. The maximum Gasteiger partial charge on any atom is 0.454 e. The fourth-order valence-corrected chi connectivity index (χ4v) is 1.08. The molecule has 0 heterocycles. The summed E-state index contributed by atoms with van der Waals surface area (Å²) in [4.78, 5) is 10.8. The minimum Gasteiger partial charge on any atom is -0.389 e. The molecular weight excluding hydrogens is 209 g/mol. The summed E-state index contributed by atoms with van der Waals surface area (Å²) in [6, 6.07) is 4.70. The van der Waals surface area contributed by atoms with Crippen LogP contribution in [0.4, 0.5) is 13.2 Å². The van der Waals surface area contributed by atoms with Gasteiger partial charge in [-0.1, -0.05) is 24.3 Å². The Kier molecular flexibility index (Phi) is 3.14. The highest BCUT2D eigenvalue weighted by atomic mass is 19.4. The second-order valence-electron chi connectivity index (χ2n) is 3.12. The molecule has 0 aliphatic rings. The number of rotatable bonds is 2. The van der Waals surface area contributed by atoms with Crippen molar-refractivity contribution in [1.82, 2.24) is 0 Å². The third kappa shape index (κ3) is 2.79. The number of Topliss-reactive ketones (excluding diaryl/α,β-unsaturated/α-hetero) is 1. The molecule has 0 aromatic heterocycles. The van der Waals surface area contributed by atoms with Crippen LogP contribution in [0.3, 0.4) is 0 Å². The molecule has 0 spiro atoms. The van der Waals surface area contributed by atoms with Crippen molar-refractivity contribution in [3.05, 3.63) is 35.4 Å². The molecular formula is C10H9F3O2. The van der Waals surface area contributed by atoms with Gasteiger partial charge >= 0.3 is 6.18 Å². The number of ketones is 1. The van der Waals surface area contributed by atoms with Crippen LogP contribution < -0.4 is 0 Å². The standard InChI is InChI=1S/C10H9F3O2/c1-6(14)7-2-4-8(5-3-7)9(15)10(11,12)13/h2-6,14H,1H3/t6-/m0/s1. The van der Waals surface area contributed by atoms with Crippen LogP contribution in [0.2, 0.25) is 0 Å². The van der Waals surface area contributed by atoms with Crippen molar-refractivity contribution in [2.24, 2.45) is 0 Å². The average molecular weight is 218 g/mol. The monoisotopic (exact) mass is 218 g/mol. The van der Waals surface area contributed by atoms with E-state index in [0.717, 1.165) is 12.1 Å². The van der Waals surface area contributed by atoms with Gasteiger partial charge in [-0.25, -0.2) is 0 Å². The van der Waals surface area contributed by atoms with E-state index in [1.54, 1.807) is 0 Å². The third-order valence-electron chi connectivity index (χ3n) is 1.91. The molecule has 0 radical (unpaired) electrons. The largest absolute Gasteiger partial charge is 0.454 e. The van der Waals surface area contributed by atoms with Crippen molar-refractivity contribution in [3.63, 3.8) is 0 Å². The predicted molar refractivity (Wildman–Crippen MR) is 47.5 cm³/mol. The number of aliphatic hydroxyl groups excluding tert-OH is 1. The molecule has 1 aromatic carbocycles. The lowest BCUT2D eigenvalue weighted by Crippen LogP contribution is -2.22. The maximum atomic E-state index is 12.0. The molecule has 82 valence electrons. The molecule has 1 N–H and O–H groups in total. The van der Waals surface area contributed by atoms with Gasteiger partial charge in [0, 0.05) is 5.56 Å². The van der Waals surface area contributed by atoms with E-state index >= 15 is 0 Å². The molecule has 15 heavy (non-hydrogen) atoms. The van der Waals surface area contributed by atoms with Gasteiger partial charge in [-0.2, -0.15) is 13.2 Å². The molecule has 1 rings (SSSR count). The maximum absolute atomic E-state index is 12.0. The van der Waals surface area contributed by atoms with Crippen LogP contribution >= 0.6 is 0 Å². The Balaban J connectivity index is 2.95. The number of alkyl halides is 3. The van der Waals surface area contributed by atoms with Crippen molar-refractivity contribution in [2.75, 3.05) is 0 Å². The second-order valence-corrected chi connectivity index (χ2v) is 3.12. The first-order valence-corrected chi connectivity index (χ1v) is 4.22. The van der Waals surface area contributed by atoms with Crippen molar-refractivity contribution in [3.8, 4) is 0 Å². The predicted octanol–water partition coefficient (Wildman–Crippen LogP) is 2.48. The highest BCUT2D eigenvalue weighted by molar-refractivity contribution is 6.00. The summed E-state index contributed by atoms with van der Waals surface area (Å²) in [6.45, 7) is 1.49. The smallest absolute Gasteiger partial charge is 0.389 e. The van der Waals surface area contributed by atoms with Gasteiger partial charge in [0.2, 0.25) is 0 Å². The first-order chi connectivity index (χ1) is 6.82. The average Bonchev–Trinajstić information content (AvgIpc) is 2.15. The summed E-state index contributed by atoms with van der Waals surface area (Å²) < 4.78 is 36.0. The number of halogens is 3. The Hall–Kier alpha value is -1.36. The first-order valence-electron chi connectivity index (χ1n) is 4.22. The SMILES string of the molecule is C[C@H](O)c1ccc(C(=O)C(F)(F)F)cc1. The van der Waals surface area contributed by atoms with Crippen LogP contribution in [0.15, 0.2) is 24.3 Å². The zero-order valence-electron chi connectivity index (χ0n) is 7.88. The van der Waals surface area contributed by atoms with Gasteiger partial charge < -0.3 is 5.11 Å². The van der Waals surface area contributed by atoms with Gasteiger partial charge in [-0.05, 0) is 12.5 Å². The Morgan fingerprint density at radius 3 is 2.07 bits per heavy atom. The second kappa shape index (κ2) is 4.02. The molecule has 0 aliphatic heterocycles. The molecule has 5 heteroatoms. The van der Waals surface area contributed by atoms with E-state index in [0.29, 0.717) is 5.56 Å². The van der Waals surface area contributed by atoms with Gasteiger partial charge in [0.25, 0.3) is 5.78 Å². The summed E-state index contributed by atoms with van der Waals surface area (Å²) in [7, 11) is 0. The molecule has 1 atom stereocenters. The molecule has 0 bridgehead atoms. The van der Waals surface area contributed by atoms with Crippen molar-refractivity contribution < 1.29 is 23.1 Å². The van der Waals surface area contributed by atoms with Crippen LogP contribution in [0.1, 0.15) is 28.9 Å². The minimum absolute atomic E-state index is 0.424. The van der Waals surface area contributed by atoms with Gasteiger partial charge in [0.1, 0.15) is 0 Å². The number of carbonyl (C=O) groups excluding carboxylic acids is 1. The van der Waals surface area contributed by atoms with E-state index < -0.39 is 23.6 Å². The Bertz CT molecular complexity index is 352. The van der Waals surface area contributed by atoms with Crippen LogP contribution in [0.5, 0.6) is 0 Å². The topological polar surface area (TPSA) is 37.3 Å². The number of hydrogen-bond acceptors (Lipinski definition) is 2. The summed E-state index contributed by atoms with van der Waals surface area (Å²) in [6.07, 6.45) is -5.62. The van der Waals surface area contributed by atoms with Crippen molar-refractivity contribution >= 4 is 5.78 Å². The van der Waals surface area contributed by atoms with E-state index in [1.165, 1.54) is 19.1 Å². The molecule has 0 saturated heterocycles. The fraction of sp³-hybridized carbons (Fsp3) is 0.300. The van der Waals surface area contributed by atoms with Crippen molar-refractivity contribution in [1.29, 1.82) is 0 Å². The molecule has 1 aromatic rings. The minimum atomic E-state index is -4.85. The summed E-state index contributed by atoms with van der Waals surface area (Å²) in [5, 5.41) is 9.11. The fourth-order valence-electron chi connectivity index (χ4n) is 1.08. The normalized spacial score (nSPS) is 13.7. The summed E-state index contributed by atoms with van der Waals surface area (Å²) in [5.74, 6) is -1.88. The molecule has 0 fully saturated rings. The molecule has 0 aliphatic carbocycles. The lowest BCUT2D eigenvalue weighted by molar-refractivity contribution is -0.0885. The quantitative estimate of drug-likeness (QED) is 0.774. The highest BCUT2D eigenvalue weighted by Gasteiger charge is 2.39. The lowest BCUT2D eigenvalue weighted by Gasteiger charge is -2.07. The summed E-state index contributed by atoms with van der Waals surface area (Å²) in [5.41, 5.74) is 0.0422. The number of carbonyl (C=O) groups is 1. The van der Waals surface area contributed by atoms with Gasteiger partial charge in [0.15, 0.2) is 0 Å². The number of benzene rings is 1. The van der Waals surface area contributed by atoms with E-state index in [2.05, 4.69) is 0 Å². The zero-order valence-corrected chi connectivity index (χ0v) is 7.88. The molecule has 0 amide bonds. The lowest BCUT2D eigenvalue weighted by atomic mass is 10.1. The van der Waals surface area contributed by atoms with Crippen LogP contribution in [0, 0.1) is 0 Å². The van der Waals surface area contributed by atoms with Crippen LogP contribution in [-0.2, 0) is 0 Å². The van der Waals surface area contributed by atoms with E-state index in [9.17, 15) is 18.0 Å². The highest BCUT2D eigenvalue weighted by Crippen LogP contribution is 2.22. The van der Waals surface area contributed by atoms with Gasteiger partial charge in [-0.3, -0.25) is 4.79 Å². The van der Waals surface area contributed by atoms with Crippen LogP contribution in [0.25, 0.3) is 0 Å². The Morgan fingerprint density at radius 1 is 1.27 bits per heavy atom. The van der Waals surface area contributed by atoms with E-state index in [4.69, 9.17) is 5.11 Å². The van der Waals surface area contributed by atoms with E-state index in [-0.39, 0.29) is 0 Å². The molecule has 2 nitrogen and oxygen atoms in total. The Labute approximate surface area is 84.3 Å². The zero-order chi connectivity index (χ0) is 11.6. The Morgan fingerprint density at radius 2 is 1.73 bits per heavy atom. The van der Waals surface area contributed by atoms with Crippen LogP contribution in [-0.4, -0.2) is 17.1 Å². The first kappa shape index (κ1) is 11.7. The van der Waals surface area contributed by atoms with Gasteiger partial charge in [0.05, 0.1) is 6.10 Å². The van der Waals surface area contributed by atoms with Crippen molar-refractivity contribution in [2.45, 2.75) is 19.2 Å². The molecule has 0 unspecified atom stereocenters. The van der Waals surface area contributed by atoms with Gasteiger partial charge in [-0.15, -0.1) is 0 Å². The van der Waals surface area contributed by atoms with E-state index in [1.807, 2.05) is 0 Å².